The van der Waals surface area contributed by atoms with E-state index in [1.807, 2.05) is 0 Å². The number of carbonyl (C=O) groups is 3. The van der Waals surface area contributed by atoms with E-state index in [1.165, 1.54) is 13.8 Å². The highest BCUT2D eigenvalue weighted by molar-refractivity contribution is 5.83. The molecule has 0 amide bonds. The van der Waals surface area contributed by atoms with Gasteiger partial charge in [0.15, 0.2) is 0 Å². The molecule has 0 spiro atoms. The first-order chi connectivity index (χ1) is 13.1. The van der Waals surface area contributed by atoms with Gasteiger partial charge in [-0.25, -0.2) is 0 Å². The van der Waals surface area contributed by atoms with Crippen LogP contribution < -0.4 is 0 Å². The summed E-state index contributed by atoms with van der Waals surface area (Å²) in [5, 5.41) is 0. The number of Topliss-reactive ketones (excluding diaryl/α,β-unsaturated/α-hetero) is 1. The molecule has 0 radical (unpaired) electrons. The van der Waals surface area contributed by atoms with Crippen molar-refractivity contribution in [2.75, 3.05) is 0 Å². The molecule has 0 N–H and O–H groups in total. The molecule has 8 atom stereocenters. The molecule has 4 saturated carbocycles. The summed E-state index contributed by atoms with van der Waals surface area (Å²) in [6.07, 6.45) is 7.21. The van der Waals surface area contributed by atoms with Crippen molar-refractivity contribution in [3.05, 3.63) is 0 Å². The van der Waals surface area contributed by atoms with Crippen molar-refractivity contribution in [2.45, 2.75) is 91.3 Å². The summed E-state index contributed by atoms with van der Waals surface area (Å²) in [5.41, 5.74) is 0.0801. The molecule has 0 unspecified atom stereocenters. The van der Waals surface area contributed by atoms with Crippen molar-refractivity contribution in [3.8, 4) is 0 Å². The number of ether oxygens (including phenoxy) is 2. The lowest BCUT2D eigenvalue weighted by Gasteiger charge is -2.59. The second kappa shape index (κ2) is 6.84. The van der Waals surface area contributed by atoms with Crippen LogP contribution in [0.1, 0.15) is 79.1 Å². The van der Waals surface area contributed by atoms with Gasteiger partial charge in [-0.2, -0.15) is 0 Å². The molecular weight excluding hydrogens is 356 g/mol. The van der Waals surface area contributed by atoms with Gasteiger partial charge in [-0.3, -0.25) is 14.4 Å². The maximum absolute atomic E-state index is 13.4. The Labute approximate surface area is 167 Å². The summed E-state index contributed by atoms with van der Waals surface area (Å²) in [6, 6.07) is 0. The van der Waals surface area contributed by atoms with Gasteiger partial charge >= 0.3 is 11.9 Å². The average molecular weight is 391 g/mol. The van der Waals surface area contributed by atoms with Crippen LogP contribution in [0.25, 0.3) is 0 Å². The Kier molecular flexibility index (Phi) is 4.86. The van der Waals surface area contributed by atoms with Crippen LogP contribution in [0.5, 0.6) is 0 Å². The fraction of sp³-hybridized carbons (Fsp3) is 0.870. The Hall–Kier alpha value is -1.39. The van der Waals surface area contributed by atoms with E-state index in [2.05, 4.69) is 13.8 Å². The maximum Gasteiger partial charge on any atom is 0.302 e. The lowest BCUT2D eigenvalue weighted by molar-refractivity contribution is -0.173. The summed E-state index contributed by atoms with van der Waals surface area (Å²) >= 11 is 0. The van der Waals surface area contributed by atoms with Crippen molar-refractivity contribution in [1.82, 2.24) is 0 Å². The van der Waals surface area contributed by atoms with Crippen molar-refractivity contribution < 1.29 is 23.9 Å². The largest absolute Gasteiger partial charge is 0.463 e. The summed E-state index contributed by atoms with van der Waals surface area (Å²) in [4.78, 5) is 36.3. The predicted molar refractivity (Wildman–Crippen MR) is 103 cm³/mol. The molecule has 4 aliphatic carbocycles. The molecule has 156 valence electrons. The monoisotopic (exact) mass is 390 g/mol. The van der Waals surface area contributed by atoms with Crippen molar-refractivity contribution in [1.29, 1.82) is 0 Å². The van der Waals surface area contributed by atoms with Crippen LogP contribution in [0, 0.1) is 34.5 Å². The highest BCUT2D eigenvalue weighted by Crippen LogP contribution is 2.65. The molecule has 4 aliphatic rings. The topological polar surface area (TPSA) is 69.7 Å². The van der Waals surface area contributed by atoms with Crippen molar-refractivity contribution in [2.24, 2.45) is 34.5 Å². The van der Waals surface area contributed by atoms with Crippen molar-refractivity contribution >= 4 is 17.7 Å². The Morgan fingerprint density at radius 3 is 2.21 bits per heavy atom. The third-order valence-electron chi connectivity index (χ3n) is 8.98. The van der Waals surface area contributed by atoms with Gasteiger partial charge < -0.3 is 9.47 Å². The van der Waals surface area contributed by atoms with Crippen LogP contribution in [0.15, 0.2) is 0 Å². The second-order valence-corrected chi connectivity index (χ2v) is 10.3. The molecule has 0 aliphatic heterocycles. The van der Waals surface area contributed by atoms with Crippen molar-refractivity contribution in [3.63, 3.8) is 0 Å². The summed E-state index contributed by atoms with van der Waals surface area (Å²) in [7, 11) is 0. The number of esters is 2. The van der Waals surface area contributed by atoms with E-state index in [1.54, 1.807) is 0 Å². The SMILES string of the molecule is CC(=O)O[C@@H]1CC[C@@]2(C)[C@@H](CC(=O)[C@H]3[C@H]4CC[C@@H](OC(C)=O)[C@]4(C)CC[C@@H]32)C1. The van der Waals surface area contributed by atoms with Crippen LogP contribution in [0.2, 0.25) is 0 Å². The third-order valence-corrected chi connectivity index (χ3v) is 8.98. The van der Waals surface area contributed by atoms with Gasteiger partial charge in [0, 0.05) is 31.6 Å². The minimum atomic E-state index is -0.218. The molecule has 0 heterocycles. The highest BCUT2D eigenvalue weighted by Gasteiger charge is 2.63. The minimum absolute atomic E-state index is 0.0337. The first-order valence-corrected chi connectivity index (χ1v) is 11.0. The van der Waals surface area contributed by atoms with E-state index in [-0.39, 0.29) is 40.9 Å². The van der Waals surface area contributed by atoms with E-state index >= 15 is 0 Å². The quantitative estimate of drug-likeness (QED) is 0.665. The molecular formula is C23H34O5. The molecule has 0 saturated heterocycles. The highest BCUT2D eigenvalue weighted by atomic mass is 16.5. The number of ketones is 1. The van der Waals surface area contributed by atoms with E-state index < -0.39 is 0 Å². The molecule has 0 bridgehead atoms. The first-order valence-electron chi connectivity index (χ1n) is 11.0. The normalized spacial score (nSPS) is 47.5. The number of hydrogen-bond donors (Lipinski definition) is 0. The summed E-state index contributed by atoms with van der Waals surface area (Å²) < 4.78 is 11.2. The molecule has 4 fully saturated rings. The molecule has 0 aromatic heterocycles. The van der Waals surface area contributed by atoms with E-state index in [0.29, 0.717) is 30.0 Å². The van der Waals surface area contributed by atoms with E-state index in [4.69, 9.17) is 9.47 Å². The number of carbonyl (C=O) groups excluding carboxylic acids is 3. The lowest BCUT2D eigenvalue weighted by Crippen LogP contribution is -2.58. The Morgan fingerprint density at radius 2 is 1.54 bits per heavy atom. The molecule has 4 rings (SSSR count). The summed E-state index contributed by atoms with van der Waals surface area (Å²) in [5.74, 6) is 1.12. The van der Waals surface area contributed by atoms with Gasteiger partial charge in [-0.15, -0.1) is 0 Å². The lowest BCUT2D eigenvalue weighted by atomic mass is 9.45. The van der Waals surface area contributed by atoms with E-state index in [9.17, 15) is 14.4 Å². The number of rotatable bonds is 2. The Bertz CT molecular complexity index is 686. The van der Waals surface area contributed by atoms with Gasteiger partial charge in [-0.1, -0.05) is 13.8 Å². The van der Waals surface area contributed by atoms with Crippen LogP contribution in [0.4, 0.5) is 0 Å². The molecule has 5 heteroatoms. The van der Waals surface area contributed by atoms with Gasteiger partial charge in [0.1, 0.15) is 18.0 Å². The Morgan fingerprint density at radius 1 is 0.893 bits per heavy atom. The van der Waals surface area contributed by atoms with Gasteiger partial charge in [0.05, 0.1) is 0 Å². The third kappa shape index (κ3) is 3.00. The zero-order valence-electron chi connectivity index (χ0n) is 17.7. The zero-order valence-corrected chi connectivity index (χ0v) is 17.7. The standard InChI is InChI=1S/C23H34O5/c1-13(24)27-16-7-9-22(3)15(11-16)12-19(26)21-17-5-6-20(28-14(2)25)23(17,4)10-8-18(21)22/h15-18,20-21H,5-12H2,1-4H3/t15-,16-,17-,18+,20-,21+,22+,23-/m1/s1. The van der Waals surface area contributed by atoms with Gasteiger partial charge in [0.25, 0.3) is 0 Å². The van der Waals surface area contributed by atoms with Gasteiger partial charge in [0.2, 0.25) is 0 Å². The van der Waals surface area contributed by atoms with Gasteiger partial charge in [-0.05, 0) is 68.1 Å². The van der Waals surface area contributed by atoms with Crippen LogP contribution in [-0.2, 0) is 23.9 Å². The molecule has 28 heavy (non-hydrogen) atoms. The fourth-order valence-corrected chi connectivity index (χ4v) is 7.58. The first kappa shape index (κ1) is 19.9. The predicted octanol–water partition coefficient (Wildman–Crippen LogP) is 4.07. The molecule has 0 aromatic carbocycles. The minimum Gasteiger partial charge on any atom is -0.463 e. The van der Waals surface area contributed by atoms with Crippen LogP contribution in [-0.4, -0.2) is 29.9 Å². The second-order valence-electron chi connectivity index (χ2n) is 10.3. The van der Waals surface area contributed by atoms with Crippen LogP contribution in [0.3, 0.4) is 0 Å². The number of fused-ring (bicyclic) bond motifs is 5. The average Bonchev–Trinajstić information content (AvgIpc) is 2.92. The molecule has 0 aromatic rings. The zero-order chi connectivity index (χ0) is 20.3. The van der Waals surface area contributed by atoms with Crippen LogP contribution >= 0.6 is 0 Å². The summed E-state index contributed by atoms with van der Waals surface area (Å²) in [6.45, 7) is 7.58. The number of hydrogen-bond acceptors (Lipinski definition) is 5. The molecule has 5 nitrogen and oxygen atoms in total. The van der Waals surface area contributed by atoms with E-state index in [0.717, 1.165) is 44.9 Å². The maximum atomic E-state index is 13.4. The smallest absolute Gasteiger partial charge is 0.302 e. The Balaban J connectivity index is 1.57. The fourth-order valence-electron chi connectivity index (χ4n) is 7.58.